The van der Waals surface area contributed by atoms with Crippen LogP contribution in [0.5, 0.6) is 17.2 Å². The van der Waals surface area contributed by atoms with Crippen LogP contribution in [0, 0.1) is 0 Å². The molecule has 2 heterocycles. The molecule has 1 atom stereocenters. The summed E-state index contributed by atoms with van der Waals surface area (Å²) >= 11 is 0. The van der Waals surface area contributed by atoms with Crippen LogP contribution in [0.1, 0.15) is 24.4 Å². The van der Waals surface area contributed by atoms with E-state index in [9.17, 15) is 0 Å². The van der Waals surface area contributed by atoms with Crippen LogP contribution in [0.3, 0.4) is 0 Å². The summed E-state index contributed by atoms with van der Waals surface area (Å²) in [5.74, 6) is 3.14. The zero-order valence-electron chi connectivity index (χ0n) is 16.3. The zero-order chi connectivity index (χ0) is 19.7. The fourth-order valence-electron chi connectivity index (χ4n) is 3.77. The molecule has 7 nitrogen and oxygen atoms in total. The minimum Gasteiger partial charge on any atom is -0.497 e. The molecule has 28 heavy (non-hydrogen) atoms. The highest BCUT2D eigenvalue weighted by Gasteiger charge is 2.29. The quantitative estimate of drug-likeness (QED) is 0.724. The van der Waals surface area contributed by atoms with Gasteiger partial charge in [0.1, 0.15) is 11.6 Å². The molecule has 146 valence electrons. The molecule has 0 spiro atoms. The molecule has 3 aromatic rings. The van der Waals surface area contributed by atoms with E-state index in [2.05, 4.69) is 22.0 Å². The molecular weight excluding hydrogens is 356 g/mol. The van der Waals surface area contributed by atoms with E-state index in [1.54, 1.807) is 21.3 Å². The van der Waals surface area contributed by atoms with Crippen LogP contribution in [0.15, 0.2) is 36.4 Å². The number of methoxy groups -OCH3 is 3. The molecule has 1 saturated heterocycles. The molecule has 1 aliphatic heterocycles. The third-order valence-corrected chi connectivity index (χ3v) is 5.23. The highest BCUT2D eigenvalue weighted by molar-refractivity contribution is 5.91. The van der Waals surface area contributed by atoms with Gasteiger partial charge in [0.15, 0.2) is 11.5 Å². The van der Waals surface area contributed by atoms with E-state index in [1.165, 1.54) is 5.56 Å². The van der Waals surface area contributed by atoms with E-state index in [0.717, 1.165) is 36.0 Å². The van der Waals surface area contributed by atoms with Gasteiger partial charge < -0.3 is 24.8 Å². The summed E-state index contributed by atoms with van der Waals surface area (Å²) in [5.41, 5.74) is 8.22. The Balaban J connectivity index is 1.74. The lowest BCUT2D eigenvalue weighted by Gasteiger charge is -2.25. The first kappa shape index (κ1) is 18.2. The standard InChI is InChI=1S/C21H24N4O3/c1-26-14-8-6-13(7-9-14)17-5-4-10-25(17)21-23-16-12-19(28-3)18(27-2)11-15(16)20(22)24-21/h6-9,11-12,17H,4-5,10H2,1-3H3,(H2,22,23,24). The first-order valence-electron chi connectivity index (χ1n) is 9.24. The lowest BCUT2D eigenvalue weighted by molar-refractivity contribution is 0.356. The average Bonchev–Trinajstić information content (AvgIpc) is 3.22. The molecule has 2 N–H and O–H groups in total. The van der Waals surface area contributed by atoms with E-state index in [0.29, 0.717) is 23.3 Å². The molecule has 1 unspecified atom stereocenters. The lowest BCUT2D eigenvalue weighted by Crippen LogP contribution is -2.25. The fraction of sp³-hybridized carbons (Fsp3) is 0.333. The van der Waals surface area contributed by atoms with Gasteiger partial charge in [-0.25, -0.2) is 4.98 Å². The molecule has 1 aliphatic rings. The van der Waals surface area contributed by atoms with Crippen LogP contribution >= 0.6 is 0 Å². The van der Waals surface area contributed by atoms with Gasteiger partial charge in [-0.2, -0.15) is 4.98 Å². The van der Waals surface area contributed by atoms with Crippen molar-refractivity contribution < 1.29 is 14.2 Å². The average molecular weight is 380 g/mol. The Labute approximate surface area is 164 Å². The van der Waals surface area contributed by atoms with Gasteiger partial charge in [0.05, 0.1) is 32.9 Å². The first-order valence-corrected chi connectivity index (χ1v) is 9.24. The minimum atomic E-state index is 0.211. The summed E-state index contributed by atoms with van der Waals surface area (Å²) in [4.78, 5) is 11.6. The van der Waals surface area contributed by atoms with E-state index in [-0.39, 0.29) is 6.04 Å². The fourth-order valence-corrected chi connectivity index (χ4v) is 3.77. The SMILES string of the molecule is COc1ccc(C2CCCN2c2nc(N)c3cc(OC)c(OC)cc3n2)cc1. The van der Waals surface area contributed by atoms with Gasteiger partial charge in [-0.3, -0.25) is 0 Å². The molecule has 0 aliphatic carbocycles. The van der Waals surface area contributed by atoms with Crippen LogP contribution in [0.25, 0.3) is 10.9 Å². The Kier molecular flexibility index (Phi) is 4.81. The van der Waals surface area contributed by atoms with Crippen LogP contribution in [0.4, 0.5) is 11.8 Å². The number of fused-ring (bicyclic) bond motifs is 1. The van der Waals surface area contributed by atoms with Crippen LogP contribution in [-0.4, -0.2) is 37.8 Å². The molecule has 0 saturated carbocycles. The second-order valence-corrected chi connectivity index (χ2v) is 6.76. The van der Waals surface area contributed by atoms with Gasteiger partial charge >= 0.3 is 0 Å². The van der Waals surface area contributed by atoms with Crippen molar-refractivity contribution in [2.75, 3.05) is 38.5 Å². The number of benzene rings is 2. The Morgan fingerprint density at radius 2 is 1.68 bits per heavy atom. The van der Waals surface area contributed by atoms with Crippen molar-refractivity contribution in [3.8, 4) is 17.2 Å². The zero-order valence-corrected chi connectivity index (χ0v) is 16.3. The van der Waals surface area contributed by atoms with E-state index in [1.807, 2.05) is 24.3 Å². The smallest absolute Gasteiger partial charge is 0.228 e. The van der Waals surface area contributed by atoms with Gasteiger partial charge in [0, 0.05) is 18.0 Å². The van der Waals surface area contributed by atoms with Gasteiger partial charge in [0.25, 0.3) is 0 Å². The first-order chi connectivity index (χ1) is 13.6. The van der Waals surface area contributed by atoms with E-state index >= 15 is 0 Å². The molecule has 0 radical (unpaired) electrons. The Bertz CT molecular complexity index is 991. The van der Waals surface area contributed by atoms with Gasteiger partial charge in [-0.05, 0) is 36.6 Å². The van der Waals surface area contributed by atoms with Crippen LogP contribution in [-0.2, 0) is 0 Å². The second kappa shape index (κ2) is 7.42. The largest absolute Gasteiger partial charge is 0.497 e. The minimum absolute atomic E-state index is 0.211. The maximum Gasteiger partial charge on any atom is 0.228 e. The summed E-state index contributed by atoms with van der Waals surface area (Å²) in [6, 6.07) is 12.0. The summed E-state index contributed by atoms with van der Waals surface area (Å²) < 4.78 is 16.0. The Morgan fingerprint density at radius 1 is 0.964 bits per heavy atom. The Hall–Kier alpha value is -3.22. The molecule has 1 aromatic heterocycles. The maximum absolute atomic E-state index is 6.27. The lowest BCUT2D eigenvalue weighted by atomic mass is 10.0. The highest BCUT2D eigenvalue weighted by Crippen LogP contribution is 2.38. The van der Waals surface area contributed by atoms with Crippen molar-refractivity contribution in [1.29, 1.82) is 0 Å². The van der Waals surface area contributed by atoms with Crippen molar-refractivity contribution in [2.24, 2.45) is 0 Å². The molecular formula is C21H24N4O3. The van der Waals surface area contributed by atoms with Gasteiger partial charge in [-0.1, -0.05) is 12.1 Å². The predicted molar refractivity (Wildman–Crippen MR) is 109 cm³/mol. The summed E-state index contributed by atoms with van der Waals surface area (Å²) in [6.07, 6.45) is 2.11. The molecule has 1 fully saturated rings. The van der Waals surface area contributed by atoms with E-state index < -0.39 is 0 Å². The third-order valence-electron chi connectivity index (χ3n) is 5.23. The number of hydrogen-bond donors (Lipinski definition) is 1. The number of nitrogen functional groups attached to an aromatic ring is 1. The van der Waals surface area contributed by atoms with Crippen molar-refractivity contribution in [2.45, 2.75) is 18.9 Å². The maximum atomic E-state index is 6.27. The molecule has 4 rings (SSSR count). The number of nitrogens with two attached hydrogens (primary N) is 1. The van der Waals surface area contributed by atoms with Crippen LogP contribution < -0.4 is 24.8 Å². The topological polar surface area (TPSA) is 82.7 Å². The Morgan fingerprint density at radius 3 is 2.36 bits per heavy atom. The second-order valence-electron chi connectivity index (χ2n) is 6.76. The monoisotopic (exact) mass is 380 g/mol. The highest BCUT2D eigenvalue weighted by atomic mass is 16.5. The number of anilines is 2. The summed E-state index contributed by atoms with van der Waals surface area (Å²) in [6.45, 7) is 0.884. The van der Waals surface area contributed by atoms with E-state index in [4.69, 9.17) is 24.9 Å². The van der Waals surface area contributed by atoms with Crippen LogP contribution in [0.2, 0.25) is 0 Å². The summed E-state index contributed by atoms with van der Waals surface area (Å²) in [7, 11) is 4.87. The molecule has 0 amide bonds. The molecule has 0 bridgehead atoms. The van der Waals surface area contributed by atoms with Crippen molar-refractivity contribution in [1.82, 2.24) is 9.97 Å². The number of nitrogens with zero attached hydrogens (tertiary/aromatic N) is 3. The van der Waals surface area contributed by atoms with Crippen molar-refractivity contribution >= 4 is 22.7 Å². The molecule has 2 aromatic carbocycles. The third kappa shape index (κ3) is 3.13. The predicted octanol–water partition coefficient (Wildman–Crippen LogP) is 3.58. The number of hydrogen-bond acceptors (Lipinski definition) is 7. The number of aromatic nitrogens is 2. The van der Waals surface area contributed by atoms with Crippen molar-refractivity contribution in [3.05, 3.63) is 42.0 Å². The van der Waals surface area contributed by atoms with Crippen molar-refractivity contribution in [3.63, 3.8) is 0 Å². The number of ether oxygens (including phenoxy) is 3. The number of rotatable bonds is 5. The normalized spacial score (nSPS) is 16.4. The molecule has 7 heteroatoms. The van der Waals surface area contributed by atoms with Gasteiger partial charge in [0.2, 0.25) is 5.95 Å². The van der Waals surface area contributed by atoms with Gasteiger partial charge in [-0.15, -0.1) is 0 Å². The summed E-state index contributed by atoms with van der Waals surface area (Å²) in [5, 5.41) is 0.751.